The number of carbonyl (C=O) groups excluding carboxylic acids is 1. The lowest BCUT2D eigenvalue weighted by molar-refractivity contribution is -0.341. The zero-order valence-corrected chi connectivity index (χ0v) is 33.3. The molecule has 3 saturated heterocycles. The Morgan fingerprint density at radius 2 is 1.41 bits per heavy atom. The molecule has 4 aromatic carbocycles. The Hall–Kier alpha value is -4.41. The highest BCUT2D eigenvalue weighted by molar-refractivity contribution is 7.91. The van der Waals surface area contributed by atoms with Crippen molar-refractivity contribution in [1.29, 1.82) is 0 Å². The van der Waals surface area contributed by atoms with Gasteiger partial charge in [-0.1, -0.05) is 54.6 Å². The molecule has 18 heteroatoms. The predicted molar refractivity (Wildman–Crippen MR) is 213 cm³/mol. The smallest absolute Gasteiger partial charge is 0.233 e. The van der Waals surface area contributed by atoms with E-state index in [4.69, 9.17) is 14.2 Å². The number of nitrogens with zero attached hydrogens (tertiary/aromatic N) is 1. The Morgan fingerprint density at radius 3 is 2.08 bits per heavy atom. The zero-order chi connectivity index (χ0) is 43.7. The lowest BCUT2D eigenvalue weighted by Crippen LogP contribution is -2.65. The van der Waals surface area contributed by atoms with Gasteiger partial charge in [0.25, 0.3) is 0 Å². The summed E-state index contributed by atoms with van der Waals surface area (Å²) in [7, 11) is -4.60. The van der Waals surface area contributed by atoms with Crippen LogP contribution in [-0.4, -0.2) is 140 Å². The number of phenols is 1. The van der Waals surface area contributed by atoms with Crippen molar-refractivity contribution in [3.63, 3.8) is 0 Å². The number of benzene rings is 4. The first-order valence-corrected chi connectivity index (χ1v) is 21.3. The number of aliphatic hydroxyl groups excluding tert-OH is 8. The number of anilines is 1. The fourth-order valence-corrected chi connectivity index (χ4v) is 10.0. The minimum absolute atomic E-state index is 0.0690. The number of hydrogen-bond donors (Lipinski definition) is 9. The van der Waals surface area contributed by atoms with Gasteiger partial charge in [0.1, 0.15) is 66.5 Å². The predicted octanol–water partition coefficient (Wildman–Crippen LogP) is 0.856. The molecule has 1 amide bonds. The highest BCUT2D eigenvalue weighted by Crippen LogP contribution is 2.49. The normalized spacial score (nSPS) is 31.1. The van der Waals surface area contributed by atoms with Crippen LogP contribution in [0.1, 0.15) is 36.1 Å². The first-order chi connectivity index (χ1) is 29.1. The molecule has 0 saturated carbocycles. The number of hydrogen-bond acceptors (Lipinski definition) is 15. The number of ether oxygens (including phenoxy) is 3. The lowest BCUT2D eigenvalue weighted by Gasteiger charge is -2.48. The molecule has 0 radical (unpaired) electrons. The van der Waals surface area contributed by atoms with E-state index in [9.17, 15) is 63.6 Å². The third-order valence-electron chi connectivity index (χ3n) is 11.6. The number of amides is 1. The van der Waals surface area contributed by atoms with Crippen LogP contribution in [0.2, 0.25) is 0 Å². The van der Waals surface area contributed by atoms with Crippen LogP contribution in [0, 0.1) is 11.7 Å². The van der Waals surface area contributed by atoms with Gasteiger partial charge in [0, 0.05) is 5.69 Å². The van der Waals surface area contributed by atoms with Crippen LogP contribution in [0.15, 0.2) is 102 Å². The SMILES string of the molecule is O=C1[C@H](CCC(O)c2ccc(F)cc2)C(c2ccc(-c3cccc(O)c3)cc2S(=O)(=O)CC2OC(CO)C(OC3OC(CO)C(O)C(O)C3O)C(O)C2O)N1c1ccccc1. The molecule has 0 spiro atoms. The fraction of sp³-hybridized carbons (Fsp3) is 0.419. The van der Waals surface area contributed by atoms with E-state index in [2.05, 4.69) is 0 Å². The molecule has 16 nitrogen and oxygen atoms in total. The van der Waals surface area contributed by atoms with Crippen LogP contribution in [-0.2, 0) is 28.8 Å². The number of β-lactam (4-membered cyclic amide) rings is 1. The largest absolute Gasteiger partial charge is 0.508 e. The quantitative estimate of drug-likeness (QED) is 0.0796. The number of halogens is 1. The average molecular weight is 870 g/mol. The summed E-state index contributed by atoms with van der Waals surface area (Å²) >= 11 is 0. The molecule has 0 bridgehead atoms. The van der Waals surface area contributed by atoms with Gasteiger partial charge in [-0.25, -0.2) is 12.8 Å². The Labute approximate surface area is 350 Å². The Bertz CT molecular complexity index is 2250. The molecule has 3 aliphatic heterocycles. The van der Waals surface area contributed by atoms with Gasteiger partial charge in [-0.15, -0.1) is 0 Å². The average Bonchev–Trinajstić information content (AvgIpc) is 3.25. The maximum atomic E-state index is 14.8. The highest BCUT2D eigenvalue weighted by Gasteiger charge is 2.53. The summed E-state index contributed by atoms with van der Waals surface area (Å²) in [5.74, 6) is -2.72. The van der Waals surface area contributed by atoms with E-state index in [0.717, 1.165) is 0 Å². The molecular weight excluding hydrogens is 822 g/mol. The molecule has 7 rings (SSSR count). The summed E-state index contributed by atoms with van der Waals surface area (Å²) in [5.41, 5.74) is 1.90. The van der Waals surface area contributed by atoms with E-state index < -0.39 is 114 Å². The van der Waals surface area contributed by atoms with Crippen molar-refractivity contribution in [2.24, 2.45) is 5.92 Å². The lowest BCUT2D eigenvalue weighted by atomic mass is 9.78. The summed E-state index contributed by atoms with van der Waals surface area (Å²) < 4.78 is 60.2. The highest BCUT2D eigenvalue weighted by atomic mass is 32.2. The maximum Gasteiger partial charge on any atom is 0.233 e. The van der Waals surface area contributed by atoms with Crippen LogP contribution < -0.4 is 4.90 Å². The van der Waals surface area contributed by atoms with Gasteiger partial charge in [0.05, 0.1) is 41.9 Å². The summed E-state index contributed by atoms with van der Waals surface area (Å²) in [6.45, 7) is -1.67. The number of carbonyl (C=O) groups is 1. The minimum Gasteiger partial charge on any atom is -0.508 e. The maximum absolute atomic E-state index is 14.8. The van der Waals surface area contributed by atoms with Crippen molar-refractivity contribution in [2.45, 2.75) is 91.1 Å². The second kappa shape index (κ2) is 18.5. The van der Waals surface area contributed by atoms with Crippen molar-refractivity contribution < 1.29 is 77.8 Å². The molecule has 4 aromatic rings. The van der Waals surface area contributed by atoms with Crippen LogP contribution >= 0.6 is 0 Å². The van der Waals surface area contributed by atoms with Crippen molar-refractivity contribution in [2.75, 3.05) is 23.9 Å². The fourth-order valence-electron chi connectivity index (χ4n) is 8.27. The van der Waals surface area contributed by atoms with Crippen molar-refractivity contribution in [3.8, 4) is 16.9 Å². The number of sulfone groups is 1. The van der Waals surface area contributed by atoms with Gasteiger partial charge in [-0.05, 0) is 77.6 Å². The van der Waals surface area contributed by atoms with Gasteiger partial charge in [0.15, 0.2) is 16.1 Å². The standard InChI is InChI=1S/C43H48FNO15S/c44-25-12-9-22(10-13-25)30(49)16-15-29-35(45(42(29)55)26-6-2-1-3-7-26)28-14-11-24(23-5-4-8-27(48)17-23)18-34(28)61(56,57)21-33-37(51)39(53)41(32(20-47)58-33)60-43-40(54)38(52)36(50)31(19-46)59-43/h1-14,17-18,29-33,35-41,43,46-54H,15-16,19-21H2/t29-,30?,31?,32?,33?,35?,36?,37?,38?,39?,40?,41?,43?/m1/s1. The van der Waals surface area contributed by atoms with E-state index in [-0.39, 0.29) is 35.0 Å². The molecule has 12 unspecified atom stereocenters. The zero-order valence-electron chi connectivity index (χ0n) is 32.5. The van der Waals surface area contributed by atoms with E-state index in [1.807, 2.05) is 0 Å². The first kappa shape index (κ1) is 44.6. The van der Waals surface area contributed by atoms with Crippen molar-refractivity contribution in [1.82, 2.24) is 0 Å². The van der Waals surface area contributed by atoms with Crippen molar-refractivity contribution in [3.05, 3.63) is 114 Å². The van der Waals surface area contributed by atoms with Crippen LogP contribution in [0.25, 0.3) is 11.1 Å². The van der Waals surface area contributed by atoms with E-state index >= 15 is 0 Å². The van der Waals surface area contributed by atoms with Crippen LogP contribution in [0.3, 0.4) is 0 Å². The number of aromatic hydroxyl groups is 1. The second-order valence-electron chi connectivity index (χ2n) is 15.5. The van der Waals surface area contributed by atoms with Gasteiger partial charge in [-0.2, -0.15) is 0 Å². The van der Waals surface area contributed by atoms with Crippen molar-refractivity contribution >= 4 is 21.4 Å². The monoisotopic (exact) mass is 869 g/mol. The third-order valence-corrected chi connectivity index (χ3v) is 13.4. The molecule has 13 atom stereocenters. The second-order valence-corrected chi connectivity index (χ2v) is 17.5. The number of rotatable bonds is 14. The molecule has 61 heavy (non-hydrogen) atoms. The van der Waals surface area contributed by atoms with E-state index in [1.54, 1.807) is 54.6 Å². The minimum atomic E-state index is -4.60. The first-order valence-electron chi connectivity index (χ1n) is 19.7. The molecular formula is C43H48FNO15S. The summed E-state index contributed by atoms with van der Waals surface area (Å²) in [4.78, 5) is 15.2. The molecule has 3 heterocycles. The molecule has 0 aromatic heterocycles. The van der Waals surface area contributed by atoms with Crippen LogP contribution in [0.4, 0.5) is 10.1 Å². The Morgan fingerprint density at radius 1 is 0.738 bits per heavy atom. The van der Waals surface area contributed by atoms with E-state index in [1.165, 1.54) is 47.4 Å². The molecule has 0 aliphatic carbocycles. The number of aliphatic hydroxyl groups is 8. The van der Waals surface area contributed by atoms with Gasteiger partial charge < -0.3 is 65.1 Å². The molecule has 3 fully saturated rings. The summed E-state index contributed by atoms with van der Waals surface area (Å²) in [6, 6.07) is 23.6. The van der Waals surface area contributed by atoms with Gasteiger partial charge in [0.2, 0.25) is 5.91 Å². The third kappa shape index (κ3) is 9.08. The number of para-hydroxylation sites is 1. The topological polar surface area (TPSA) is 264 Å². The summed E-state index contributed by atoms with van der Waals surface area (Å²) in [5, 5.41) is 94.8. The molecule has 328 valence electrons. The van der Waals surface area contributed by atoms with Crippen LogP contribution in [0.5, 0.6) is 5.75 Å². The summed E-state index contributed by atoms with van der Waals surface area (Å²) in [6.07, 6.45) is -18.4. The Balaban J connectivity index is 1.22. The van der Waals surface area contributed by atoms with E-state index in [0.29, 0.717) is 22.4 Å². The van der Waals surface area contributed by atoms with Gasteiger partial charge >= 0.3 is 0 Å². The Kier molecular flexibility index (Phi) is 13.5. The molecule has 9 N–H and O–H groups in total. The van der Waals surface area contributed by atoms with Gasteiger partial charge in [-0.3, -0.25) is 4.79 Å². The molecule has 3 aliphatic rings. The number of phenolic OH excluding ortho intramolecular Hbond substituents is 1.